The van der Waals surface area contributed by atoms with Gasteiger partial charge in [-0.2, -0.15) is 0 Å². The van der Waals surface area contributed by atoms with Gasteiger partial charge in [0.05, 0.1) is 13.7 Å². The predicted molar refractivity (Wildman–Crippen MR) is 87.3 cm³/mol. The number of ether oxygens (including phenoxy) is 2. The molecular formula is C16H27N3O2. The third-order valence-electron chi connectivity index (χ3n) is 2.67. The Kier molecular flexibility index (Phi) is 7.43. The number of guanidine groups is 1. The van der Waals surface area contributed by atoms with Crippen LogP contribution in [0.5, 0.6) is 11.5 Å². The van der Waals surface area contributed by atoms with Crippen LogP contribution < -0.4 is 20.1 Å². The van der Waals surface area contributed by atoms with Crippen molar-refractivity contribution >= 4 is 5.96 Å². The Morgan fingerprint density at radius 3 is 2.29 bits per heavy atom. The van der Waals surface area contributed by atoms with Crippen molar-refractivity contribution < 1.29 is 9.47 Å². The lowest BCUT2D eigenvalue weighted by molar-refractivity contribution is 0.230. The zero-order chi connectivity index (χ0) is 15.7. The maximum absolute atomic E-state index is 5.83. The van der Waals surface area contributed by atoms with Gasteiger partial charge in [-0.15, -0.1) is 0 Å². The average Bonchev–Trinajstić information content (AvgIpc) is 2.45. The normalized spacial score (nSPS) is 13.0. The smallest absolute Gasteiger partial charge is 0.191 e. The summed E-state index contributed by atoms with van der Waals surface area (Å²) in [5.41, 5.74) is 0. The molecule has 5 heteroatoms. The third-order valence-corrected chi connectivity index (χ3v) is 2.67. The van der Waals surface area contributed by atoms with E-state index in [1.807, 2.05) is 31.2 Å². The van der Waals surface area contributed by atoms with E-state index >= 15 is 0 Å². The van der Waals surface area contributed by atoms with Crippen LogP contribution in [0.15, 0.2) is 29.3 Å². The minimum Gasteiger partial charge on any atom is -0.497 e. The molecular weight excluding hydrogens is 266 g/mol. The number of nitrogens with zero attached hydrogens (tertiary/aromatic N) is 1. The molecule has 2 N–H and O–H groups in total. The standard InChI is InChI=1S/C16H27N3O2/c1-6-17-16(19-12(2)3)18-11-13(4)21-15-9-7-14(20-5)8-10-15/h7-10,12-13H,6,11H2,1-5H3,(H2,17,18,19). The fourth-order valence-corrected chi connectivity index (χ4v) is 1.74. The highest BCUT2D eigenvalue weighted by Gasteiger charge is 2.05. The van der Waals surface area contributed by atoms with Crippen LogP contribution in [0.2, 0.25) is 0 Å². The summed E-state index contributed by atoms with van der Waals surface area (Å²) >= 11 is 0. The van der Waals surface area contributed by atoms with Crippen molar-refractivity contribution in [2.45, 2.75) is 39.8 Å². The highest BCUT2D eigenvalue weighted by atomic mass is 16.5. The van der Waals surface area contributed by atoms with Gasteiger partial charge in [0.1, 0.15) is 17.6 Å². The Hall–Kier alpha value is -1.91. The maximum atomic E-state index is 5.83. The summed E-state index contributed by atoms with van der Waals surface area (Å²) in [5.74, 6) is 2.46. The second-order valence-electron chi connectivity index (χ2n) is 5.12. The van der Waals surface area contributed by atoms with Crippen LogP contribution in [-0.2, 0) is 0 Å². The molecule has 1 unspecified atom stereocenters. The van der Waals surface area contributed by atoms with Crippen molar-refractivity contribution in [2.24, 2.45) is 4.99 Å². The molecule has 21 heavy (non-hydrogen) atoms. The molecule has 0 saturated carbocycles. The lowest BCUT2D eigenvalue weighted by Gasteiger charge is -2.16. The van der Waals surface area contributed by atoms with Gasteiger partial charge in [-0.3, -0.25) is 0 Å². The molecule has 5 nitrogen and oxygen atoms in total. The molecule has 118 valence electrons. The first-order chi connectivity index (χ1) is 10.0. The molecule has 0 saturated heterocycles. The number of hydrogen-bond acceptors (Lipinski definition) is 3. The van der Waals surface area contributed by atoms with Crippen molar-refractivity contribution in [3.63, 3.8) is 0 Å². The average molecular weight is 293 g/mol. The molecule has 0 heterocycles. The van der Waals surface area contributed by atoms with E-state index in [4.69, 9.17) is 9.47 Å². The van der Waals surface area contributed by atoms with Crippen LogP contribution in [0.4, 0.5) is 0 Å². The van der Waals surface area contributed by atoms with E-state index in [1.54, 1.807) is 7.11 Å². The van der Waals surface area contributed by atoms with Gasteiger partial charge >= 0.3 is 0 Å². The molecule has 1 aromatic rings. The third kappa shape index (κ3) is 6.88. The molecule has 1 atom stereocenters. The lowest BCUT2D eigenvalue weighted by atomic mass is 10.3. The highest BCUT2D eigenvalue weighted by Crippen LogP contribution is 2.18. The second-order valence-corrected chi connectivity index (χ2v) is 5.12. The molecule has 0 spiro atoms. The summed E-state index contributed by atoms with van der Waals surface area (Å²) in [4.78, 5) is 4.53. The number of methoxy groups -OCH3 is 1. The molecule has 0 aliphatic heterocycles. The molecule has 0 radical (unpaired) electrons. The first-order valence-corrected chi connectivity index (χ1v) is 7.40. The Balaban J connectivity index is 2.51. The highest BCUT2D eigenvalue weighted by molar-refractivity contribution is 5.79. The fraction of sp³-hybridized carbons (Fsp3) is 0.562. The van der Waals surface area contributed by atoms with E-state index in [-0.39, 0.29) is 6.10 Å². The molecule has 0 amide bonds. The molecule has 0 aliphatic carbocycles. The summed E-state index contributed by atoms with van der Waals surface area (Å²) in [6, 6.07) is 7.92. The maximum Gasteiger partial charge on any atom is 0.191 e. The van der Waals surface area contributed by atoms with Gasteiger partial charge in [0, 0.05) is 12.6 Å². The van der Waals surface area contributed by atoms with Gasteiger partial charge in [0.2, 0.25) is 0 Å². The van der Waals surface area contributed by atoms with Crippen LogP contribution in [0.3, 0.4) is 0 Å². The Labute approximate surface area is 127 Å². The topological polar surface area (TPSA) is 54.9 Å². The first-order valence-electron chi connectivity index (χ1n) is 7.40. The monoisotopic (exact) mass is 293 g/mol. The van der Waals surface area contributed by atoms with E-state index in [2.05, 4.69) is 36.4 Å². The molecule has 0 bridgehead atoms. The molecule has 0 fully saturated rings. The minimum absolute atomic E-state index is 0.000938. The van der Waals surface area contributed by atoms with Crippen LogP contribution in [0, 0.1) is 0 Å². The zero-order valence-corrected chi connectivity index (χ0v) is 13.6. The van der Waals surface area contributed by atoms with Gasteiger partial charge in [-0.25, -0.2) is 4.99 Å². The largest absolute Gasteiger partial charge is 0.497 e. The summed E-state index contributed by atoms with van der Waals surface area (Å²) < 4.78 is 11.0. The summed E-state index contributed by atoms with van der Waals surface area (Å²) in [7, 11) is 1.65. The van der Waals surface area contributed by atoms with Crippen molar-refractivity contribution in [2.75, 3.05) is 20.2 Å². The Bertz CT molecular complexity index is 430. The van der Waals surface area contributed by atoms with Gasteiger partial charge in [-0.1, -0.05) is 0 Å². The molecule has 0 aromatic heterocycles. The summed E-state index contributed by atoms with van der Waals surface area (Å²) in [6.45, 7) is 9.66. The van der Waals surface area contributed by atoms with Crippen LogP contribution in [0.1, 0.15) is 27.7 Å². The van der Waals surface area contributed by atoms with Gasteiger partial charge in [0.15, 0.2) is 5.96 Å². The molecule has 1 aromatic carbocycles. The number of nitrogens with one attached hydrogen (secondary N) is 2. The van der Waals surface area contributed by atoms with Crippen molar-refractivity contribution in [3.8, 4) is 11.5 Å². The predicted octanol–water partition coefficient (Wildman–Crippen LogP) is 2.43. The number of benzene rings is 1. The molecule has 0 aliphatic rings. The summed E-state index contributed by atoms with van der Waals surface area (Å²) in [6.07, 6.45) is 0.000938. The SMILES string of the molecule is CCNC(=NCC(C)Oc1ccc(OC)cc1)NC(C)C. The van der Waals surface area contributed by atoms with E-state index in [0.717, 1.165) is 24.0 Å². The first kappa shape index (κ1) is 17.1. The zero-order valence-electron chi connectivity index (χ0n) is 13.6. The number of aliphatic imine (C=N–C) groups is 1. The van der Waals surface area contributed by atoms with Gasteiger partial charge in [0.25, 0.3) is 0 Å². The van der Waals surface area contributed by atoms with E-state index in [0.29, 0.717) is 12.6 Å². The second kappa shape index (κ2) is 9.10. The fourth-order valence-electron chi connectivity index (χ4n) is 1.74. The van der Waals surface area contributed by atoms with E-state index in [9.17, 15) is 0 Å². The number of rotatable bonds is 7. The van der Waals surface area contributed by atoms with Crippen LogP contribution in [-0.4, -0.2) is 38.3 Å². The van der Waals surface area contributed by atoms with E-state index in [1.165, 1.54) is 0 Å². The van der Waals surface area contributed by atoms with Crippen LogP contribution >= 0.6 is 0 Å². The quantitative estimate of drug-likeness (QED) is 0.599. The van der Waals surface area contributed by atoms with Crippen molar-refractivity contribution in [1.82, 2.24) is 10.6 Å². The lowest BCUT2D eigenvalue weighted by Crippen LogP contribution is -2.41. The van der Waals surface area contributed by atoms with Gasteiger partial charge < -0.3 is 20.1 Å². The Morgan fingerprint density at radius 1 is 1.14 bits per heavy atom. The van der Waals surface area contributed by atoms with Crippen LogP contribution in [0.25, 0.3) is 0 Å². The van der Waals surface area contributed by atoms with Crippen molar-refractivity contribution in [1.29, 1.82) is 0 Å². The van der Waals surface area contributed by atoms with E-state index < -0.39 is 0 Å². The summed E-state index contributed by atoms with van der Waals surface area (Å²) in [5, 5.41) is 6.50. The number of hydrogen-bond donors (Lipinski definition) is 2. The molecule has 1 rings (SSSR count). The van der Waals surface area contributed by atoms with Crippen molar-refractivity contribution in [3.05, 3.63) is 24.3 Å². The Morgan fingerprint density at radius 2 is 1.76 bits per heavy atom. The minimum atomic E-state index is 0.000938. The van der Waals surface area contributed by atoms with Gasteiger partial charge in [-0.05, 0) is 52.0 Å².